The summed E-state index contributed by atoms with van der Waals surface area (Å²) in [5, 5.41) is 9.42. The van der Waals surface area contributed by atoms with Crippen LogP contribution in [0.25, 0.3) is 0 Å². The zero-order valence-electron chi connectivity index (χ0n) is 10.9. The molecule has 0 radical (unpaired) electrons. The Hall–Kier alpha value is -1.88. The van der Waals surface area contributed by atoms with Crippen LogP contribution in [-0.2, 0) is 14.6 Å². The van der Waals surface area contributed by atoms with Crippen molar-refractivity contribution in [3.05, 3.63) is 53.8 Å². The molecule has 0 aliphatic rings. The smallest absolute Gasteiger partial charge is 0.182 e. The molecule has 0 spiro atoms. The maximum Gasteiger partial charge on any atom is 0.182 e. The first-order valence-corrected chi connectivity index (χ1v) is 7.27. The number of aliphatic hydroxyl groups is 1. The Morgan fingerprint density at radius 1 is 1.21 bits per heavy atom. The van der Waals surface area contributed by atoms with Crippen LogP contribution < -0.4 is 0 Å². The van der Waals surface area contributed by atoms with Gasteiger partial charge in [-0.3, -0.25) is 4.79 Å². The van der Waals surface area contributed by atoms with Crippen LogP contribution in [0, 0.1) is 0 Å². The van der Waals surface area contributed by atoms with Crippen LogP contribution in [0.5, 0.6) is 0 Å². The van der Waals surface area contributed by atoms with Crippen LogP contribution in [0.4, 0.5) is 0 Å². The van der Waals surface area contributed by atoms with Gasteiger partial charge in [0.15, 0.2) is 15.6 Å². The normalized spacial score (nSPS) is 12.7. The van der Waals surface area contributed by atoms with E-state index in [4.69, 9.17) is 0 Å². The Balaban J connectivity index is 3.07. The molecule has 4 nitrogen and oxygen atoms in total. The van der Waals surface area contributed by atoms with Gasteiger partial charge < -0.3 is 5.11 Å². The molecular weight excluding hydrogens is 264 g/mol. The molecule has 5 heteroatoms. The van der Waals surface area contributed by atoms with Crippen LogP contribution in [0.2, 0.25) is 0 Å². The van der Waals surface area contributed by atoms with Gasteiger partial charge in [-0.15, -0.1) is 0 Å². The van der Waals surface area contributed by atoms with Crippen LogP contribution in [-0.4, -0.2) is 25.1 Å². The van der Waals surface area contributed by atoms with Gasteiger partial charge in [-0.25, -0.2) is 8.42 Å². The predicted molar refractivity (Wildman–Crippen MR) is 73.6 cm³/mol. The summed E-state index contributed by atoms with van der Waals surface area (Å²) in [5.41, 5.74) is 0.0656. The number of benzene rings is 1. The van der Waals surface area contributed by atoms with Crippen LogP contribution >= 0.6 is 0 Å². The Kier molecular flexibility index (Phi) is 4.67. The van der Waals surface area contributed by atoms with Crippen molar-refractivity contribution in [3.8, 4) is 0 Å². The third kappa shape index (κ3) is 3.79. The molecule has 0 fully saturated rings. The second-order valence-electron chi connectivity index (χ2n) is 4.19. The number of aliphatic hydroxyl groups excluding tert-OH is 1. The molecule has 0 unspecified atom stereocenters. The zero-order chi connectivity index (χ0) is 14.6. The maximum atomic E-state index is 12.1. The molecule has 0 saturated heterocycles. The van der Waals surface area contributed by atoms with Crippen molar-refractivity contribution in [3.63, 3.8) is 0 Å². The van der Waals surface area contributed by atoms with Crippen molar-refractivity contribution in [1.82, 2.24) is 0 Å². The van der Waals surface area contributed by atoms with Gasteiger partial charge in [0.2, 0.25) is 0 Å². The number of sulfone groups is 1. The second kappa shape index (κ2) is 5.84. The van der Waals surface area contributed by atoms with Gasteiger partial charge in [-0.1, -0.05) is 24.8 Å². The lowest BCUT2D eigenvalue weighted by molar-refractivity contribution is -0.113. The number of rotatable bonds is 5. The number of hydrogen-bond donors (Lipinski definition) is 1. The second-order valence-corrected chi connectivity index (χ2v) is 6.18. The Labute approximate surface area is 113 Å². The molecule has 0 aromatic heterocycles. The van der Waals surface area contributed by atoms with Crippen molar-refractivity contribution in [2.75, 3.05) is 5.75 Å². The number of carbonyl (C=O) groups is 1. The summed E-state index contributed by atoms with van der Waals surface area (Å²) >= 11 is 0. The lowest BCUT2D eigenvalue weighted by Gasteiger charge is -2.10. The fourth-order valence-electron chi connectivity index (χ4n) is 1.77. The molecule has 0 aliphatic heterocycles. The van der Waals surface area contributed by atoms with E-state index in [0.29, 0.717) is 0 Å². The SMILES string of the molecule is C=C(CS(=O)(=O)c1ccccc1)/C(C(C)=O)=C(/C)O. The van der Waals surface area contributed by atoms with E-state index in [2.05, 4.69) is 6.58 Å². The standard InChI is InChI=1S/C14H16O4S/c1-10(14(11(2)15)12(3)16)9-19(17,18)13-7-5-4-6-8-13/h4-8,15H,1,9H2,2-3H3/b14-11+. The van der Waals surface area contributed by atoms with E-state index in [9.17, 15) is 18.3 Å². The molecular formula is C14H16O4S. The molecule has 1 N–H and O–H groups in total. The van der Waals surface area contributed by atoms with Crippen LogP contribution in [0.3, 0.4) is 0 Å². The van der Waals surface area contributed by atoms with Gasteiger partial charge in [0.25, 0.3) is 0 Å². The minimum absolute atomic E-state index is 0.0282. The summed E-state index contributed by atoms with van der Waals surface area (Å²) in [6.45, 7) is 6.18. The molecule has 0 amide bonds. The summed E-state index contributed by atoms with van der Waals surface area (Å²) < 4.78 is 24.2. The molecule has 1 aromatic rings. The number of hydrogen-bond acceptors (Lipinski definition) is 4. The zero-order valence-corrected chi connectivity index (χ0v) is 11.7. The van der Waals surface area contributed by atoms with Crippen molar-refractivity contribution in [2.45, 2.75) is 18.7 Å². The van der Waals surface area contributed by atoms with E-state index in [0.717, 1.165) is 0 Å². The first-order valence-electron chi connectivity index (χ1n) is 5.62. The molecule has 19 heavy (non-hydrogen) atoms. The Bertz CT molecular complexity index is 621. The van der Waals surface area contributed by atoms with E-state index in [1.807, 2.05) is 0 Å². The molecule has 1 aromatic carbocycles. The molecule has 0 aliphatic carbocycles. The predicted octanol–water partition coefficient (Wildman–Crippen LogP) is 2.44. The lowest BCUT2D eigenvalue weighted by Crippen LogP contribution is -2.13. The average Bonchev–Trinajstić information content (AvgIpc) is 2.28. The van der Waals surface area contributed by atoms with Crippen molar-refractivity contribution in [2.24, 2.45) is 0 Å². The largest absolute Gasteiger partial charge is 0.512 e. The highest BCUT2D eigenvalue weighted by Crippen LogP contribution is 2.19. The van der Waals surface area contributed by atoms with Crippen molar-refractivity contribution >= 4 is 15.6 Å². The van der Waals surface area contributed by atoms with Crippen molar-refractivity contribution in [1.29, 1.82) is 0 Å². The molecule has 0 bridgehead atoms. The molecule has 0 atom stereocenters. The van der Waals surface area contributed by atoms with E-state index < -0.39 is 21.4 Å². The quantitative estimate of drug-likeness (QED) is 0.511. The van der Waals surface area contributed by atoms with Gasteiger partial charge in [-0.2, -0.15) is 0 Å². The number of allylic oxidation sites excluding steroid dienone is 2. The highest BCUT2D eigenvalue weighted by atomic mass is 32.2. The summed E-state index contributed by atoms with van der Waals surface area (Å²) in [6, 6.07) is 7.91. The highest BCUT2D eigenvalue weighted by Gasteiger charge is 2.20. The van der Waals surface area contributed by atoms with Crippen molar-refractivity contribution < 1.29 is 18.3 Å². The minimum atomic E-state index is -3.57. The first kappa shape index (κ1) is 15.2. The van der Waals surface area contributed by atoms with Crippen LogP contribution in [0.15, 0.2) is 58.7 Å². The summed E-state index contributed by atoms with van der Waals surface area (Å²) in [5.74, 6) is -1.03. The van der Waals surface area contributed by atoms with Gasteiger partial charge in [0.05, 0.1) is 16.2 Å². The molecule has 0 heterocycles. The number of Topliss-reactive ketones (excluding diaryl/α,β-unsaturated/α-hetero) is 1. The Morgan fingerprint density at radius 3 is 2.16 bits per heavy atom. The highest BCUT2D eigenvalue weighted by molar-refractivity contribution is 7.91. The van der Waals surface area contributed by atoms with E-state index in [-0.39, 0.29) is 21.8 Å². The number of ketones is 1. The summed E-state index contributed by atoms with van der Waals surface area (Å²) in [7, 11) is -3.57. The average molecular weight is 280 g/mol. The fraction of sp³-hybridized carbons (Fsp3) is 0.214. The third-order valence-electron chi connectivity index (χ3n) is 2.53. The van der Waals surface area contributed by atoms with Gasteiger partial charge in [0, 0.05) is 0 Å². The van der Waals surface area contributed by atoms with E-state index in [1.54, 1.807) is 18.2 Å². The Morgan fingerprint density at radius 2 is 1.74 bits per heavy atom. The third-order valence-corrected chi connectivity index (χ3v) is 4.25. The lowest BCUT2D eigenvalue weighted by atomic mass is 10.0. The minimum Gasteiger partial charge on any atom is -0.512 e. The summed E-state index contributed by atoms with van der Waals surface area (Å²) in [6.07, 6.45) is 0. The topological polar surface area (TPSA) is 71.4 Å². The van der Waals surface area contributed by atoms with Gasteiger partial charge >= 0.3 is 0 Å². The molecule has 102 valence electrons. The van der Waals surface area contributed by atoms with E-state index >= 15 is 0 Å². The first-order chi connectivity index (χ1) is 8.75. The fourth-order valence-corrected chi connectivity index (χ4v) is 3.11. The monoisotopic (exact) mass is 280 g/mol. The molecule has 1 rings (SSSR count). The summed E-state index contributed by atoms with van der Waals surface area (Å²) in [4.78, 5) is 11.5. The van der Waals surface area contributed by atoms with Gasteiger partial charge in [0.1, 0.15) is 5.76 Å². The van der Waals surface area contributed by atoms with E-state index in [1.165, 1.54) is 26.0 Å². The number of carbonyl (C=O) groups excluding carboxylic acids is 1. The maximum absolute atomic E-state index is 12.1. The molecule has 0 saturated carbocycles. The van der Waals surface area contributed by atoms with Gasteiger partial charge in [-0.05, 0) is 31.6 Å². The van der Waals surface area contributed by atoms with Crippen LogP contribution in [0.1, 0.15) is 13.8 Å².